The Labute approximate surface area is 66.6 Å². The van der Waals surface area contributed by atoms with Crippen LogP contribution in [0.25, 0.3) is 0 Å². The van der Waals surface area contributed by atoms with Gasteiger partial charge in [0.15, 0.2) is 0 Å². The van der Waals surface area contributed by atoms with Gasteiger partial charge in [-0.05, 0) is 6.42 Å². The van der Waals surface area contributed by atoms with Gasteiger partial charge in [0.1, 0.15) is 0 Å². The highest BCUT2D eigenvalue weighted by molar-refractivity contribution is 4.90. The number of hydrogen-bond donors (Lipinski definition) is 3. The second-order valence-corrected chi connectivity index (χ2v) is 3.18. The normalized spacial score (nSPS) is 33.0. The first-order chi connectivity index (χ1) is 5.20. The highest BCUT2D eigenvalue weighted by atomic mass is 16.3. The number of β-amino-alcohol motifs (C(OH)–C–C–N with tert-alkyl or cyclic N) is 2. The van der Waals surface area contributed by atoms with Gasteiger partial charge < -0.3 is 15.9 Å². The van der Waals surface area contributed by atoms with Crippen LogP contribution in [0.5, 0.6) is 0 Å². The molecule has 4 nitrogen and oxygen atoms in total. The van der Waals surface area contributed by atoms with Gasteiger partial charge in [-0.25, -0.2) is 0 Å². The molecule has 1 saturated heterocycles. The van der Waals surface area contributed by atoms with E-state index in [4.69, 9.17) is 10.8 Å². The van der Waals surface area contributed by atoms with Crippen LogP contribution < -0.4 is 5.73 Å². The van der Waals surface area contributed by atoms with Crippen molar-refractivity contribution in [2.45, 2.75) is 12.0 Å². The van der Waals surface area contributed by atoms with E-state index < -0.39 is 5.60 Å². The van der Waals surface area contributed by atoms with E-state index in [1.54, 1.807) is 0 Å². The van der Waals surface area contributed by atoms with Gasteiger partial charge in [0, 0.05) is 26.2 Å². The number of likely N-dealkylation sites (tertiary alicyclic amines) is 1. The fourth-order valence-electron chi connectivity index (χ4n) is 1.44. The first-order valence-electron chi connectivity index (χ1n) is 3.96. The molecule has 0 spiro atoms. The van der Waals surface area contributed by atoms with Crippen molar-refractivity contribution in [1.82, 2.24) is 4.90 Å². The van der Waals surface area contributed by atoms with Gasteiger partial charge in [-0.2, -0.15) is 0 Å². The van der Waals surface area contributed by atoms with Gasteiger partial charge in [0.2, 0.25) is 0 Å². The zero-order chi connectivity index (χ0) is 8.32. The summed E-state index contributed by atoms with van der Waals surface area (Å²) in [6.45, 7) is 2.55. The summed E-state index contributed by atoms with van der Waals surface area (Å²) in [6.07, 6.45) is 0.726. The van der Waals surface area contributed by atoms with E-state index in [2.05, 4.69) is 0 Å². The molecule has 1 atom stereocenters. The first-order valence-corrected chi connectivity index (χ1v) is 3.96. The van der Waals surface area contributed by atoms with Gasteiger partial charge in [-0.15, -0.1) is 0 Å². The molecule has 11 heavy (non-hydrogen) atoms. The summed E-state index contributed by atoms with van der Waals surface area (Å²) < 4.78 is 0. The molecule has 1 aliphatic heterocycles. The highest BCUT2D eigenvalue weighted by Gasteiger charge is 2.33. The topological polar surface area (TPSA) is 69.7 Å². The van der Waals surface area contributed by atoms with Crippen LogP contribution in [-0.4, -0.2) is 53.5 Å². The van der Waals surface area contributed by atoms with Crippen molar-refractivity contribution in [3.8, 4) is 0 Å². The maximum Gasteiger partial charge on any atom is 0.0907 e. The molecule has 4 heteroatoms. The van der Waals surface area contributed by atoms with Crippen molar-refractivity contribution >= 4 is 0 Å². The van der Waals surface area contributed by atoms with Gasteiger partial charge >= 0.3 is 0 Å². The van der Waals surface area contributed by atoms with E-state index in [-0.39, 0.29) is 6.61 Å². The van der Waals surface area contributed by atoms with Gasteiger partial charge in [0.05, 0.1) is 12.2 Å². The van der Waals surface area contributed by atoms with Crippen LogP contribution in [0.2, 0.25) is 0 Å². The number of nitrogens with two attached hydrogens (primary N) is 1. The van der Waals surface area contributed by atoms with E-state index in [1.807, 2.05) is 4.90 Å². The van der Waals surface area contributed by atoms with Crippen LogP contribution in [0.4, 0.5) is 0 Å². The monoisotopic (exact) mass is 160 g/mol. The van der Waals surface area contributed by atoms with E-state index in [0.717, 1.165) is 13.0 Å². The molecule has 1 rings (SSSR count). The Morgan fingerprint density at radius 2 is 2.27 bits per heavy atom. The Balaban J connectivity index is 2.33. The third-order valence-corrected chi connectivity index (χ3v) is 2.21. The van der Waals surface area contributed by atoms with Crippen LogP contribution in [0.3, 0.4) is 0 Å². The quantitative estimate of drug-likeness (QED) is 0.464. The second-order valence-electron chi connectivity index (χ2n) is 3.18. The average molecular weight is 160 g/mol. The number of hydrogen-bond acceptors (Lipinski definition) is 4. The van der Waals surface area contributed by atoms with Gasteiger partial charge in [-0.3, -0.25) is 4.90 Å². The molecule has 0 amide bonds. The number of aliphatic hydroxyl groups excluding tert-OH is 1. The Morgan fingerprint density at radius 3 is 2.73 bits per heavy atom. The van der Waals surface area contributed by atoms with Crippen molar-refractivity contribution in [2.75, 3.05) is 32.8 Å². The SMILES string of the molecule is NCC1(O)CCN(CCO)C1. The summed E-state index contributed by atoms with van der Waals surface area (Å²) in [7, 11) is 0. The van der Waals surface area contributed by atoms with E-state index in [1.165, 1.54) is 0 Å². The average Bonchev–Trinajstić information content (AvgIpc) is 2.35. The molecule has 4 N–H and O–H groups in total. The minimum Gasteiger partial charge on any atom is -0.395 e. The molecule has 0 aromatic heterocycles. The zero-order valence-corrected chi connectivity index (χ0v) is 6.66. The molecule has 66 valence electrons. The Kier molecular flexibility index (Phi) is 2.84. The lowest BCUT2D eigenvalue weighted by Gasteiger charge is -2.20. The Hall–Kier alpha value is -0.160. The lowest BCUT2D eigenvalue weighted by molar-refractivity contribution is 0.0561. The predicted molar refractivity (Wildman–Crippen MR) is 42.1 cm³/mol. The summed E-state index contributed by atoms with van der Waals surface area (Å²) in [6, 6.07) is 0. The Bertz CT molecular complexity index is 132. The molecule has 0 aromatic carbocycles. The molecule has 0 aromatic rings. The Morgan fingerprint density at radius 1 is 1.55 bits per heavy atom. The van der Waals surface area contributed by atoms with Gasteiger partial charge in [-0.1, -0.05) is 0 Å². The maximum absolute atomic E-state index is 9.65. The largest absolute Gasteiger partial charge is 0.395 e. The molecule has 0 radical (unpaired) electrons. The lowest BCUT2D eigenvalue weighted by atomic mass is 10.0. The van der Waals surface area contributed by atoms with Gasteiger partial charge in [0.25, 0.3) is 0 Å². The van der Waals surface area contributed by atoms with Crippen molar-refractivity contribution in [1.29, 1.82) is 0 Å². The van der Waals surface area contributed by atoms with Crippen LogP contribution in [-0.2, 0) is 0 Å². The molecule has 0 bridgehead atoms. The predicted octanol–water partition coefficient (Wildman–Crippen LogP) is -1.63. The van der Waals surface area contributed by atoms with Crippen LogP contribution in [0.1, 0.15) is 6.42 Å². The van der Waals surface area contributed by atoms with Crippen molar-refractivity contribution < 1.29 is 10.2 Å². The summed E-state index contributed by atoms with van der Waals surface area (Å²) in [5, 5.41) is 18.3. The number of rotatable bonds is 3. The summed E-state index contributed by atoms with van der Waals surface area (Å²) in [4.78, 5) is 2.02. The molecule has 0 aliphatic carbocycles. The molecule has 1 unspecified atom stereocenters. The first kappa shape index (κ1) is 8.93. The van der Waals surface area contributed by atoms with Crippen molar-refractivity contribution in [3.05, 3.63) is 0 Å². The smallest absolute Gasteiger partial charge is 0.0907 e. The third kappa shape index (κ3) is 2.13. The second kappa shape index (κ2) is 3.49. The molecule has 1 fully saturated rings. The molecule has 1 heterocycles. The van der Waals surface area contributed by atoms with E-state index in [0.29, 0.717) is 19.6 Å². The van der Waals surface area contributed by atoms with Crippen molar-refractivity contribution in [2.24, 2.45) is 5.73 Å². The standard InChI is InChI=1S/C7H16N2O2/c8-5-7(11)1-2-9(6-7)3-4-10/h10-11H,1-6,8H2. The molecular weight excluding hydrogens is 144 g/mol. The zero-order valence-electron chi connectivity index (χ0n) is 6.66. The summed E-state index contributed by atoms with van der Waals surface area (Å²) in [5.41, 5.74) is 4.69. The molecule has 0 saturated carbocycles. The summed E-state index contributed by atoms with van der Waals surface area (Å²) in [5.74, 6) is 0. The van der Waals surface area contributed by atoms with Crippen molar-refractivity contribution in [3.63, 3.8) is 0 Å². The third-order valence-electron chi connectivity index (χ3n) is 2.21. The minimum atomic E-state index is -0.699. The number of aliphatic hydroxyl groups is 2. The van der Waals surface area contributed by atoms with E-state index >= 15 is 0 Å². The highest BCUT2D eigenvalue weighted by Crippen LogP contribution is 2.18. The van der Waals surface area contributed by atoms with Crippen LogP contribution in [0.15, 0.2) is 0 Å². The minimum absolute atomic E-state index is 0.153. The lowest BCUT2D eigenvalue weighted by Crippen LogP contribution is -2.40. The fraction of sp³-hybridized carbons (Fsp3) is 1.00. The summed E-state index contributed by atoms with van der Waals surface area (Å²) >= 11 is 0. The van der Waals surface area contributed by atoms with Crippen LogP contribution >= 0.6 is 0 Å². The fourth-order valence-corrected chi connectivity index (χ4v) is 1.44. The van der Waals surface area contributed by atoms with Crippen LogP contribution in [0, 0.1) is 0 Å². The van der Waals surface area contributed by atoms with E-state index in [9.17, 15) is 5.11 Å². The molecular formula is C7H16N2O2. The maximum atomic E-state index is 9.65. The number of nitrogens with zero attached hydrogens (tertiary/aromatic N) is 1. The molecule has 1 aliphatic rings.